The number of methoxy groups -OCH3 is 2. The molecule has 1 aromatic rings. The number of carbonyl (C=O) groups excluding carboxylic acids is 2. The van der Waals surface area contributed by atoms with Crippen molar-refractivity contribution in [1.29, 1.82) is 0 Å². The quantitative estimate of drug-likeness (QED) is 0.701. The van der Waals surface area contributed by atoms with Crippen LogP contribution in [0.15, 0.2) is 30.3 Å². The van der Waals surface area contributed by atoms with Crippen molar-refractivity contribution in [3.8, 4) is 0 Å². The molecule has 0 saturated heterocycles. The molecule has 1 aromatic carbocycles. The van der Waals surface area contributed by atoms with Gasteiger partial charge in [-0.3, -0.25) is 0 Å². The first kappa shape index (κ1) is 23.0. The van der Waals surface area contributed by atoms with Gasteiger partial charge in [0.25, 0.3) is 0 Å². The fourth-order valence-electron chi connectivity index (χ4n) is 3.39. The van der Waals surface area contributed by atoms with E-state index in [0.717, 1.165) is 5.56 Å². The van der Waals surface area contributed by atoms with Crippen molar-refractivity contribution in [3.63, 3.8) is 0 Å². The first-order valence-electron chi connectivity index (χ1n) is 9.72. The van der Waals surface area contributed by atoms with Crippen LogP contribution in [0.1, 0.15) is 45.6 Å². The van der Waals surface area contributed by atoms with Gasteiger partial charge in [0, 0.05) is 39.1 Å². The highest BCUT2D eigenvalue weighted by Gasteiger charge is 2.43. The molecular formula is C21H32N2O6. The molecule has 1 aliphatic carbocycles. The van der Waals surface area contributed by atoms with Crippen molar-refractivity contribution in [2.24, 2.45) is 0 Å². The summed E-state index contributed by atoms with van der Waals surface area (Å²) in [5.74, 6) is -0.921. The number of rotatable bonds is 6. The van der Waals surface area contributed by atoms with Crippen LogP contribution in [0.4, 0.5) is 9.59 Å². The molecule has 0 spiro atoms. The first-order chi connectivity index (χ1) is 13.6. The van der Waals surface area contributed by atoms with E-state index < -0.39 is 23.6 Å². The summed E-state index contributed by atoms with van der Waals surface area (Å²) in [4.78, 5) is 24.4. The van der Waals surface area contributed by atoms with E-state index in [2.05, 4.69) is 10.6 Å². The molecule has 0 bridgehead atoms. The summed E-state index contributed by atoms with van der Waals surface area (Å²) in [6.07, 6.45) is 0.339. The Hall–Kier alpha value is -2.32. The Labute approximate surface area is 172 Å². The van der Waals surface area contributed by atoms with E-state index in [1.165, 1.54) is 0 Å². The number of hydrogen-bond acceptors (Lipinski definition) is 6. The second-order valence-corrected chi connectivity index (χ2v) is 8.21. The summed E-state index contributed by atoms with van der Waals surface area (Å²) in [5, 5.41) is 5.70. The van der Waals surface area contributed by atoms with E-state index in [4.69, 9.17) is 18.9 Å². The molecule has 0 aromatic heterocycles. The minimum Gasteiger partial charge on any atom is -0.445 e. The third-order valence-corrected chi connectivity index (χ3v) is 4.68. The highest BCUT2D eigenvalue weighted by Crippen LogP contribution is 2.32. The fraction of sp³-hybridized carbons (Fsp3) is 0.619. The van der Waals surface area contributed by atoms with Crippen molar-refractivity contribution in [2.45, 2.75) is 70.1 Å². The van der Waals surface area contributed by atoms with Gasteiger partial charge in [-0.25, -0.2) is 9.59 Å². The van der Waals surface area contributed by atoms with E-state index in [0.29, 0.717) is 19.3 Å². The molecule has 0 aliphatic heterocycles. The predicted octanol–water partition coefficient (Wildman–Crippen LogP) is 3.35. The highest BCUT2D eigenvalue weighted by molar-refractivity contribution is 5.69. The summed E-state index contributed by atoms with van der Waals surface area (Å²) in [6, 6.07) is 8.85. The average Bonchev–Trinajstić information content (AvgIpc) is 2.65. The molecule has 0 radical (unpaired) electrons. The largest absolute Gasteiger partial charge is 0.445 e. The van der Waals surface area contributed by atoms with Crippen molar-refractivity contribution < 1.29 is 28.5 Å². The van der Waals surface area contributed by atoms with Gasteiger partial charge < -0.3 is 29.6 Å². The zero-order chi connectivity index (χ0) is 21.5. The second kappa shape index (κ2) is 9.93. The molecule has 2 rings (SSSR count). The molecule has 8 nitrogen and oxygen atoms in total. The van der Waals surface area contributed by atoms with Crippen LogP contribution in [0.25, 0.3) is 0 Å². The molecule has 2 atom stereocenters. The van der Waals surface area contributed by atoms with Crippen molar-refractivity contribution in [1.82, 2.24) is 10.6 Å². The molecule has 2 unspecified atom stereocenters. The van der Waals surface area contributed by atoms with E-state index in [9.17, 15) is 9.59 Å². The maximum atomic E-state index is 12.3. The van der Waals surface area contributed by atoms with Gasteiger partial charge in [0.2, 0.25) is 0 Å². The Morgan fingerprint density at radius 2 is 1.55 bits per heavy atom. The zero-order valence-corrected chi connectivity index (χ0v) is 17.8. The SMILES string of the molecule is COC1(OC)CC(NC(=O)OCc2ccccc2)CC(NC(=O)OC(C)(C)C)C1. The Bertz CT molecular complexity index is 669. The summed E-state index contributed by atoms with van der Waals surface area (Å²) < 4.78 is 21.8. The number of alkyl carbamates (subject to hydrolysis) is 2. The minimum atomic E-state index is -0.921. The number of nitrogens with one attached hydrogen (secondary N) is 2. The molecular weight excluding hydrogens is 376 g/mol. The van der Waals surface area contributed by atoms with Crippen LogP contribution in [0.5, 0.6) is 0 Å². The van der Waals surface area contributed by atoms with Gasteiger partial charge in [0.15, 0.2) is 5.79 Å². The lowest BCUT2D eigenvalue weighted by Gasteiger charge is -2.42. The lowest BCUT2D eigenvalue weighted by molar-refractivity contribution is -0.230. The molecule has 0 heterocycles. The zero-order valence-electron chi connectivity index (χ0n) is 17.8. The van der Waals surface area contributed by atoms with Gasteiger partial charge >= 0.3 is 12.2 Å². The molecule has 8 heteroatoms. The van der Waals surface area contributed by atoms with E-state index in [1.54, 1.807) is 35.0 Å². The van der Waals surface area contributed by atoms with Gasteiger partial charge in [-0.05, 0) is 32.8 Å². The topological polar surface area (TPSA) is 95.1 Å². The normalized spacial score (nSPS) is 21.1. The maximum Gasteiger partial charge on any atom is 0.407 e. The van der Waals surface area contributed by atoms with Gasteiger partial charge in [-0.15, -0.1) is 0 Å². The van der Waals surface area contributed by atoms with Crippen LogP contribution in [-0.2, 0) is 25.6 Å². The van der Waals surface area contributed by atoms with Crippen LogP contribution in [0.3, 0.4) is 0 Å². The lowest BCUT2D eigenvalue weighted by atomic mass is 9.86. The number of carbonyl (C=O) groups is 2. The van der Waals surface area contributed by atoms with Crippen LogP contribution in [0.2, 0.25) is 0 Å². The minimum absolute atomic E-state index is 0.179. The third kappa shape index (κ3) is 7.55. The van der Waals surface area contributed by atoms with E-state index in [-0.39, 0.29) is 18.7 Å². The predicted molar refractivity (Wildman–Crippen MR) is 107 cm³/mol. The van der Waals surface area contributed by atoms with Crippen molar-refractivity contribution in [3.05, 3.63) is 35.9 Å². The van der Waals surface area contributed by atoms with Crippen molar-refractivity contribution >= 4 is 12.2 Å². The van der Waals surface area contributed by atoms with Crippen LogP contribution in [0, 0.1) is 0 Å². The Kier molecular flexibility index (Phi) is 7.87. The van der Waals surface area contributed by atoms with Crippen LogP contribution >= 0.6 is 0 Å². The van der Waals surface area contributed by atoms with Gasteiger partial charge in [0.1, 0.15) is 12.2 Å². The number of amides is 2. The number of benzene rings is 1. The molecule has 2 N–H and O–H groups in total. The lowest BCUT2D eigenvalue weighted by Crippen LogP contribution is -2.56. The van der Waals surface area contributed by atoms with Gasteiger partial charge in [0.05, 0.1) is 0 Å². The second-order valence-electron chi connectivity index (χ2n) is 8.21. The smallest absolute Gasteiger partial charge is 0.407 e. The summed E-state index contributed by atoms with van der Waals surface area (Å²) in [6.45, 7) is 5.58. The third-order valence-electron chi connectivity index (χ3n) is 4.68. The van der Waals surface area contributed by atoms with E-state index >= 15 is 0 Å². The molecule has 162 valence electrons. The fourth-order valence-corrected chi connectivity index (χ4v) is 3.39. The average molecular weight is 408 g/mol. The monoisotopic (exact) mass is 408 g/mol. The number of hydrogen-bond donors (Lipinski definition) is 2. The Morgan fingerprint density at radius 3 is 2.07 bits per heavy atom. The first-order valence-corrected chi connectivity index (χ1v) is 9.72. The maximum absolute atomic E-state index is 12.3. The van der Waals surface area contributed by atoms with E-state index in [1.807, 2.05) is 30.3 Å². The van der Waals surface area contributed by atoms with Gasteiger partial charge in [-0.1, -0.05) is 30.3 Å². The molecule has 2 amide bonds. The Morgan fingerprint density at radius 1 is 1.00 bits per heavy atom. The summed E-state index contributed by atoms with van der Waals surface area (Å²) >= 11 is 0. The standard InChI is InChI=1S/C21H32N2O6/c1-20(2,3)29-19(25)23-17-11-16(12-21(13-17,26-4)27-5)22-18(24)28-14-15-9-7-6-8-10-15/h6-10,16-17H,11-14H2,1-5H3,(H,22,24)(H,23,25). The molecule has 29 heavy (non-hydrogen) atoms. The van der Waals surface area contributed by atoms with Gasteiger partial charge in [-0.2, -0.15) is 0 Å². The Balaban J connectivity index is 1.96. The molecule has 1 aliphatic rings. The summed E-state index contributed by atoms with van der Waals surface area (Å²) in [7, 11) is 3.09. The van der Waals surface area contributed by atoms with Crippen LogP contribution < -0.4 is 10.6 Å². The highest BCUT2D eigenvalue weighted by atomic mass is 16.7. The van der Waals surface area contributed by atoms with Crippen LogP contribution in [-0.4, -0.2) is 49.9 Å². The summed E-state index contributed by atoms with van der Waals surface area (Å²) in [5.41, 5.74) is 0.302. The molecule has 1 fully saturated rings. The molecule has 1 saturated carbocycles. The van der Waals surface area contributed by atoms with Crippen molar-refractivity contribution in [2.75, 3.05) is 14.2 Å². The number of ether oxygens (including phenoxy) is 4.